The van der Waals surface area contributed by atoms with Gasteiger partial charge in [0.15, 0.2) is 0 Å². The van der Waals surface area contributed by atoms with E-state index in [4.69, 9.17) is 0 Å². The van der Waals surface area contributed by atoms with Gasteiger partial charge in [0, 0.05) is 24.2 Å². The molecule has 0 aromatic rings. The van der Waals surface area contributed by atoms with Gasteiger partial charge in [-0.2, -0.15) is 0 Å². The first-order chi connectivity index (χ1) is 8.61. The van der Waals surface area contributed by atoms with Gasteiger partial charge < -0.3 is 5.32 Å². The van der Waals surface area contributed by atoms with Crippen molar-refractivity contribution in [2.45, 2.75) is 90.4 Å². The third kappa shape index (κ3) is 3.27. The maximum absolute atomic E-state index is 3.69. The van der Waals surface area contributed by atoms with Crippen molar-refractivity contribution in [3.05, 3.63) is 0 Å². The average Bonchev–Trinajstić information content (AvgIpc) is 2.27. The molecule has 2 fully saturated rings. The van der Waals surface area contributed by atoms with E-state index in [1.165, 1.54) is 38.5 Å². The van der Waals surface area contributed by atoms with Crippen LogP contribution in [0.1, 0.15) is 66.2 Å². The van der Waals surface area contributed by atoms with Crippen molar-refractivity contribution in [3.8, 4) is 0 Å². The molecule has 0 radical (unpaired) electrons. The minimum Gasteiger partial charge on any atom is -0.314 e. The van der Waals surface area contributed by atoms with Crippen LogP contribution in [0, 0.1) is 5.92 Å². The largest absolute Gasteiger partial charge is 0.314 e. The van der Waals surface area contributed by atoms with E-state index in [9.17, 15) is 0 Å². The van der Waals surface area contributed by atoms with E-state index >= 15 is 0 Å². The van der Waals surface area contributed by atoms with Gasteiger partial charge in [0.05, 0.1) is 0 Å². The molecule has 0 saturated carbocycles. The minimum atomic E-state index is 0.780. The second kappa shape index (κ2) is 6.38. The van der Waals surface area contributed by atoms with Crippen molar-refractivity contribution in [1.29, 1.82) is 0 Å². The van der Waals surface area contributed by atoms with Gasteiger partial charge in [-0.1, -0.05) is 27.2 Å². The molecular weight excluding hydrogens is 220 g/mol. The molecular formula is C16H32N2. The first-order valence-corrected chi connectivity index (χ1v) is 8.12. The summed E-state index contributed by atoms with van der Waals surface area (Å²) in [6, 6.07) is 3.28. The zero-order valence-corrected chi connectivity index (χ0v) is 12.8. The van der Waals surface area contributed by atoms with Gasteiger partial charge in [-0.3, -0.25) is 4.90 Å². The number of fused-ring (bicyclic) bond motifs is 2. The van der Waals surface area contributed by atoms with Gasteiger partial charge in [-0.05, 0) is 51.5 Å². The number of piperidine rings is 2. The van der Waals surface area contributed by atoms with E-state index in [1.807, 2.05) is 0 Å². The van der Waals surface area contributed by atoms with Crippen LogP contribution < -0.4 is 5.32 Å². The molecule has 2 rings (SSSR count). The molecule has 1 N–H and O–H groups in total. The Morgan fingerprint density at radius 2 is 1.72 bits per heavy atom. The van der Waals surface area contributed by atoms with Gasteiger partial charge in [0.1, 0.15) is 0 Å². The first kappa shape index (κ1) is 14.3. The number of hydrogen-bond acceptors (Lipinski definition) is 2. The number of rotatable bonds is 5. The topological polar surface area (TPSA) is 15.3 Å². The van der Waals surface area contributed by atoms with Gasteiger partial charge in [-0.25, -0.2) is 0 Å². The number of nitrogens with one attached hydrogen (secondary N) is 1. The highest BCUT2D eigenvalue weighted by Gasteiger charge is 2.39. The molecule has 2 aliphatic rings. The number of hydrogen-bond donors (Lipinski definition) is 1. The lowest BCUT2D eigenvalue weighted by molar-refractivity contribution is -0.0108. The molecule has 0 spiro atoms. The van der Waals surface area contributed by atoms with Crippen LogP contribution in [0.4, 0.5) is 0 Å². The predicted molar refractivity (Wildman–Crippen MR) is 78.9 cm³/mol. The third-order valence-corrected chi connectivity index (χ3v) is 4.85. The van der Waals surface area contributed by atoms with E-state index in [1.54, 1.807) is 0 Å². The smallest absolute Gasteiger partial charge is 0.0116 e. The molecule has 2 nitrogen and oxygen atoms in total. The zero-order chi connectivity index (χ0) is 13.1. The molecule has 18 heavy (non-hydrogen) atoms. The second-order valence-corrected chi connectivity index (χ2v) is 6.89. The summed E-state index contributed by atoms with van der Waals surface area (Å²) < 4.78 is 0. The van der Waals surface area contributed by atoms with Crippen molar-refractivity contribution in [3.63, 3.8) is 0 Å². The van der Waals surface area contributed by atoms with Crippen molar-refractivity contribution >= 4 is 0 Å². The lowest BCUT2D eigenvalue weighted by Gasteiger charge is -2.52. The molecule has 2 saturated heterocycles. The Bertz CT molecular complexity index is 237. The maximum atomic E-state index is 3.69. The highest BCUT2D eigenvalue weighted by atomic mass is 15.2. The minimum absolute atomic E-state index is 0.780. The Balaban J connectivity index is 1.99. The highest BCUT2D eigenvalue weighted by Crippen LogP contribution is 2.36. The Morgan fingerprint density at radius 3 is 2.22 bits per heavy atom. The van der Waals surface area contributed by atoms with Crippen LogP contribution in [-0.2, 0) is 0 Å². The molecule has 2 aliphatic heterocycles. The van der Waals surface area contributed by atoms with Gasteiger partial charge >= 0.3 is 0 Å². The molecule has 0 aromatic carbocycles. The van der Waals surface area contributed by atoms with Crippen molar-refractivity contribution in [2.75, 3.05) is 6.54 Å². The summed E-state index contributed by atoms with van der Waals surface area (Å²) in [6.45, 7) is 10.5. The molecule has 2 heterocycles. The van der Waals surface area contributed by atoms with E-state index in [0.717, 1.165) is 36.6 Å². The molecule has 2 bridgehead atoms. The average molecular weight is 252 g/mol. The lowest BCUT2D eigenvalue weighted by atomic mass is 9.80. The Hall–Kier alpha value is -0.0800. The van der Waals surface area contributed by atoms with E-state index < -0.39 is 0 Å². The third-order valence-electron chi connectivity index (χ3n) is 4.85. The maximum Gasteiger partial charge on any atom is 0.0116 e. The van der Waals surface area contributed by atoms with E-state index in [-0.39, 0.29) is 0 Å². The Morgan fingerprint density at radius 1 is 1.11 bits per heavy atom. The first-order valence-electron chi connectivity index (χ1n) is 8.12. The fourth-order valence-electron chi connectivity index (χ4n) is 4.40. The van der Waals surface area contributed by atoms with Crippen LogP contribution >= 0.6 is 0 Å². The highest BCUT2D eigenvalue weighted by molar-refractivity contribution is 4.96. The molecule has 3 unspecified atom stereocenters. The van der Waals surface area contributed by atoms with Crippen LogP contribution in [-0.4, -0.2) is 35.6 Å². The van der Waals surface area contributed by atoms with Crippen LogP contribution in [0.25, 0.3) is 0 Å². The second-order valence-electron chi connectivity index (χ2n) is 6.89. The summed E-state index contributed by atoms with van der Waals surface area (Å²) >= 11 is 0. The molecule has 2 heteroatoms. The quantitative estimate of drug-likeness (QED) is 0.806. The van der Waals surface area contributed by atoms with E-state index in [2.05, 4.69) is 37.9 Å². The van der Waals surface area contributed by atoms with Crippen LogP contribution in [0.3, 0.4) is 0 Å². The Kier molecular flexibility index (Phi) is 5.08. The monoisotopic (exact) mass is 252 g/mol. The molecule has 106 valence electrons. The lowest BCUT2D eigenvalue weighted by Crippen LogP contribution is -2.59. The normalized spacial score (nSPS) is 34.8. The van der Waals surface area contributed by atoms with Crippen molar-refractivity contribution < 1.29 is 0 Å². The Labute approximate surface area is 114 Å². The molecule has 0 aliphatic carbocycles. The van der Waals surface area contributed by atoms with Crippen molar-refractivity contribution in [2.24, 2.45) is 5.92 Å². The number of nitrogens with zero attached hydrogens (tertiary/aromatic N) is 1. The summed E-state index contributed by atoms with van der Waals surface area (Å²) in [5.74, 6) is 0.826. The van der Waals surface area contributed by atoms with Crippen LogP contribution in [0.5, 0.6) is 0 Å². The SMILES string of the molecule is CCNC1CC2CCCC(C1)N2C(C)CC(C)C. The van der Waals surface area contributed by atoms with Gasteiger partial charge in [-0.15, -0.1) is 0 Å². The molecule has 0 aromatic heterocycles. The van der Waals surface area contributed by atoms with E-state index in [0.29, 0.717) is 0 Å². The summed E-state index contributed by atoms with van der Waals surface area (Å²) in [5.41, 5.74) is 0. The molecule has 0 amide bonds. The standard InChI is InChI=1S/C16H32N2/c1-5-17-14-10-15-7-6-8-16(11-14)18(15)13(4)9-12(2)3/h12-17H,5-11H2,1-4H3. The molecule has 3 atom stereocenters. The van der Waals surface area contributed by atoms with Crippen LogP contribution in [0.2, 0.25) is 0 Å². The van der Waals surface area contributed by atoms with Crippen LogP contribution in [0.15, 0.2) is 0 Å². The summed E-state index contributed by atoms with van der Waals surface area (Å²) in [4.78, 5) is 2.89. The van der Waals surface area contributed by atoms with Crippen molar-refractivity contribution in [1.82, 2.24) is 10.2 Å². The van der Waals surface area contributed by atoms with Gasteiger partial charge in [0.25, 0.3) is 0 Å². The fraction of sp³-hybridized carbons (Fsp3) is 1.00. The summed E-state index contributed by atoms with van der Waals surface area (Å²) in [6.07, 6.45) is 8.44. The summed E-state index contributed by atoms with van der Waals surface area (Å²) in [5, 5.41) is 3.69. The summed E-state index contributed by atoms with van der Waals surface area (Å²) in [7, 11) is 0. The fourth-order valence-corrected chi connectivity index (χ4v) is 4.40. The predicted octanol–water partition coefficient (Wildman–Crippen LogP) is 3.42. The zero-order valence-electron chi connectivity index (χ0n) is 12.8. The van der Waals surface area contributed by atoms with Gasteiger partial charge in [0.2, 0.25) is 0 Å².